The number of ether oxygens (including phenoxy) is 1. The van der Waals surface area contributed by atoms with Crippen molar-refractivity contribution in [1.82, 2.24) is 4.98 Å². The van der Waals surface area contributed by atoms with Crippen LogP contribution in [0.15, 0.2) is 24.4 Å². The normalized spacial score (nSPS) is 26.8. The summed E-state index contributed by atoms with van der Waals surface area (Å²) in [5.41, 5.74) is 0.747. The molecule has 1 aromatic heterocycles. The molecule has 0 radical (unpaired) electrons. The number of hydrogen-bond donors (Lipinski definition) is 1. The van der Waals surface area contributed by atoms with Crippen molar-refractivity contribution < 1.29 is 14.6 Å². The summed E-state index contributed by atoms with van der Waals surface area (Å²) in [6, 6.07) is 5.48. The van der Waals surface area contributed by atoms with Gasteiger partial charge in [-0.2, -0.15) is 0 Å². The van der Waals surface area contributed by atoms with Crippen molar-refractivity contribution in [3.8, 4) is 0 Å². The van der Waals surface area contributed by atoms with Gasteiger partial charge < -0.3 is 9.84 Å². The fourth-order valence-corrected chi connectivity index (χ4v) is 1.52. The molecule has 0 aromatic carbocycles. The Hall–Kier alpha value is -1.26. The number of nitrogens with zero attached hydrogens (tertiary/aromatic N) is 1. The SMILES string of the molecule is O=C1CC(c2ccccn2)OC1CO. The van der Waals surface area contributed by atoms with Gasteiger partial charge in [0, 0.05) is 12.6 Å². The summed E-state index contributed by atoms with van der Waals surface area (Å²) >= 11 is 0. The molecule has 1 aromatic rings. The van der Waals surface area contributed by atoms with Crippen molar-refractivity contribution in [2.75, 3.05) is 6.61 Å². The Morgan fingerprint density at radius 2 is 2.43 bits per heavy atom. The van der Waals surface area contributed by atoms with Gasteiger partial charge >= 0.3 is 0 Å². The maximum absolute atomic E-state index is 11.3. The van der Waals surface area contributed by atoms with E-state index in [1.54, 1.807) is 6.20 Å². The molecular weight excluding hydrogens is 182 g/mol. The molecule has 2 heterocycles. The summed E-state index contributed by atoms with van der Waals surface area (Å²) in [7, 11) is 0. The van der Waals surface area contributed by atoms with Gasteiger partial charge in [-0.25, -0.2) is 0 Å². The Bertz CT molecular complexity index is 325. The van der Waals surface area contributed by atoms with Crippen molar-refractivity contribution in [1.29, 1.82) is 0 Å². The average Bonchev–Trinajstić information content (AvgIpc) is 2.61. The molecule has 0 aliphatic carbocycles. The first kappa shape index (κ1) is 9.30. The van der Waals surface area contributed by atoms with Crippen molar-refractivity contribution in [3.05, 3.63) is 30.1 Å². The molecule has 74 valence electrons. The molecule has 1 saturated heterocycles. The summed E-state index contributed by atoms with van der Waals surface area (Å²) in [5, 5.41) is 8.83. The van der Waals surface area contributed by atoms with E-state index in [4.69, 9.17) is 9.84 Å². The smallest absolute Gasteiger partial charge is 0.166 e. The van der Waals surface area contributed by atoms with E-state index in [0.29, 0.717) is 6.42 Å². The number of rotatable bonds is 2. The third-order valence-electron chi connectivity index (χ3n) is 2.26. The van der Waals surface area contributed by atoms with Gasteiger partial charge in [0.05, 0.1) is 12.3 Å². The van der Waals surface area contributed by atoms with Crippen LogP contribution < -0.4 is 0 Å². The maximum atomic E-state index is 11.3. The number of aliphatic hydroxyl groups excluding tert-OH is 1. The summed E-state index contributed by atoms with van der Waals surface area (Å²) in [4.78, 5) is 15.4. The zero-order valence-corrected chi connectivity index (χ0v) is 7.59. The molecule has 0 spiro atoms. The first-order chi connectivity index (χ1) is 6.81. The molecule has 4 heteroatoms. The van der Waals surface area contributed by atoms with E-state index in [9.17, 15) is 4.79 Å². The Labute approximate surface area is 81.5 Å². The number of carbonyl (C=O) groups excluding carboxylic acids is 1. The zero-order valence-electron chi connectivity index (χ0n) is 7.59. The minimum absolute atomic E-state index is 0.0526. The van der Waals surface area contributed by atoms with E-state index < -0.39 is 6.10 Å². The molecule has 1 aliphatic rings. The van der Waals surface area contributed by atoms with Crippen LogP contribution >= 0.6 is 0 Å². The fraction of sp³-hybridized carbons (Fsp3) is 0.400. The Balaban J connectivity index is 2.13. The summed E-state index contributed by atoms with van der Waals surface area (Å²) < 4.78 is 5.35. The van der Waals surface area contributed by atoms with E-state index in [1.165, 1.54) is 0 Å². The lowest BCUT2D eigenvalue weighted by molar-refractivity contribution is -0.124. The lowest BCUT2D eigenvalue weighted by atomic mass is 10.1. The van der Waals surface area contributed by atoms with Gasteiger partial charge in [-0.1, -0.05) is 6.07 Å². The van der Waals surface area contributed by atoms with Gasteiger partial charge in [0.15, 0.2) is 5.78 Å². The number of ketones is 1. The second-order valence-corrected chi connectivity index (χ2v) is 3.22. The minimum atomic E-state index is -0.665. The Morgan fingerprint density at radius 3 is 3.00 bits per heavy atom. The topological polar surface area (TPSA) is 59.4 Å². The first-order valence-electron chi connectivity index (χ1n) is 4.51. The van der Waals surface area contributed by atoms with Crippen LogP contribution in [0.1, 0.15) is 18.2 Å². The third-order valence-corrected chi connectivity index (χ3v) is 2.26. The first-order valence-corrected chi connectivity index (χ1v) is 4.51. The van der Waals surface area contributed by atoms with E-state index in [2.05, 4.69) is 4.98 Å². The van der Waals surface area contributed by atoms with E-state index in [1.807, 2.05) is 18.2 Å². The molecule has 4 nitrogen and oxygen atoms in total. The molecule has 14 heavy (non-hydrogen) atoms. The highest BCUT2D eigenvalue weighted by Crippen LogP contribution is 2.28. The highest BCUT2D eigenvalue weighted by Gasteiger charge is 2.34. The summed E-state index contributed by atoms with van der Waals surface area (Å²) in [6.07, 6.45) is 1.01. The van der Waals surface area contributed by atoms with E-state index in [0.717, 1.165) is 5.69 Å². The highest BCUT2D eigenvalue weighted by atomic mass is 16.5. The van der Waals surface area contributed by atoms with Gasteiger partial charge in [-0.05, 0) is 12.1 Å². The number of aliphatic hydroxyl groups is 1. The highest BCUT2D eigenvalue weighted by molar-refractivity contribution is 5.85. The van der Waals surface area contributed by atoms with Crippen LogP contribution in [0.2, 0.25) is 0 Å². The van der Waals surface area contributed by atoms with Crippen LogP contribution in [0.25, 0.3) is 0 Å². The van der Waals surface area contributed by atoms with Crippen LogP contribution in [0.4, 0.5) is 0 Å². The number of aromatic nitrogens is 1. The lowest BCUT2D eigenvalue weighted by Crippen LogP contribution is -2.19. The van der Waals surface area contributed by atoms with Crippen LogP contribution in [-0.4, -0.2) is 28.6 Å². The monoisotopic (exact) mass is 193 g/mol. The van der Waals surface area contributed by atoms with Gasteiger partial charge in [-0.3, -0.25) is 9.78 Å². The van der Waals surface area contributed by atoms with Gasteiger partial charge in [-0.15, -0.1) is 0 Å². The minimum Gasteiger partial charge on any atom is -0.393 e. The molecule has 2 rings (SSSR count). The lowest BCUT2D eigenvalue weighted by Gasteiger charge is -2.09. The zero-order chi connectivity index (χ0) is 9.97. The second kappa shape index (κ2) is 3.86. The quantitative estimate of drug-likeness (QED) is 0.741. The molecular formula is C10H11NO3. The average molecular weight is 193 g/mol. The molecule has 2 atom stereocenters. The van der Waals surface area contributed by atoms with Gasteiger partial charge in [0.2, 0.25) is 0 Å². The third kappa shape index (κ3) is 1.66. The van der Waals surface area contributed by atoms with Crippen LogP contribution in [0, 0.1) is 0 Å². The van der Waals surface area contributed by atoms with Crippen LogP contribution in [-0.2, 0) is 9.53 Å². The van der Waals surface area contributed by atoms with E-state index in [-0.39, 0.29) is 18.5 Å². The van der Waals surface area contributed by atoms with E-state index >= 15 is 0 Å². The maximum Gasteiger partial charge on any atom is 0.166 e. The van der Waals surface area contributed by atoms with Crippen LogP contribution in [0.5, 0.6) is 0 Å². The number of Topliss-reactive ketones (excluding diaryl/α,β-unsaturated/α-hetero) is 1. The van der Waals surface area contributed by atoms with Crippen molar-refractivity contribution in [2.24, 2.45) is 0 Å². The Morgan fingerprint density at radius 1 is 1.57 bits per heavy atom. The molecule has 2 unspecified atom stereocenters. The Kier molecular flexibility index (Phi) is 2.56. The van der Waals surface area contributed by atoms with Gasteiger partial charge in [0.1, 0.15) is 12.2 Å². The van der Waals surface area contributed by atoms with Crippen molar-refractivity contribution >= 4 is 5.78 Å². The van der Waals surface area contributed by atoms with Gasteiger partial charge in [0.25, 0.3) is 0 Å². The summed E-state index contributed by atoms with van der Waals surface area (Å²) in [5.74, 6) is -0.0526. The molecule has 1 fully saturated rings. The fourth-order valence-electron chi connectivity index (χ4n) is 1.52. The molecule has 1 aliphatic heterocycles. The standard InChI is InChI=1S/C10H11NO3/c12-6-10-8(13)5-9(14-10)7-3-1-2-4-11-7/h1-4,9-10,12H,5-6H2. The molecule has 0 bridgehead atoms. The number of pyridine rings is 1. The second-order valence-electron chi connectivity index (χ2n) is 3.22. The summed E-state index contributed by atoms with van der Waals surface area (Å²) in [6.45, 7) is -0.248. The van der Waals surface area contributed by atoms with Crippen molar-refractivity contribution in [2.45, 2.75) is 18.6 Å². The molecule has 0 saturated carbocycles. The number of carbonyl (C=O) groups is 1. The molecule has 0 amide bonds. The predicted octanol–water partition coefficient (Wildman–Crippen LogP) is 0.473. The van der Waals surface area contributed by atoms with Crippen molar-refractivity contribution in [3.63, 3.8) is 0 Å². The van der Waals surface area contributed by atoms with Crippen LogP contribution in [0.3, 0.4) is 0 Å². The number of hydrogen-bond acceptors (Lipinski definition) is 4. The molecule has 1 N–H and O–H groups in total. The largest absolute Gasteiger partial charge is 0.393 e. The predicted molar refractivity (Wildman–Crippen MR) is 48.6 cm³/mol.